The van der Waals surface area contributed by atoms with Gasteiger partial charge in [-0.05, 0) is 31.0 Å². The number of fused-ring (bicyclic) bond motifs is 3. The largest absolute Gasteiger partial charge is 0.368 e. The minimum absolute atomic E-state index is 0.843. The van der Waals surface area contributed by atoms with Crippen molar-refractivity contribution in [3.05, 3.63) is 72.2 Å². The molecule has 4 heteroatoms. The topological polar surface area (TPSA) is 42.2 Å². The van der Waals surface area contributed by atoms with Crippen molar-refractivity contribution in [2.75, 3.05) is 11.9 Å². The highest BCUT2D eigenvalue weighted by Crippen LogP contribution is 2.21. The summed E-state index contributed by atoms with van der Waals surface area (Å²) >= 11 is 0. The summed E-state index contributed by atoms with van der Waals surface area (Å²) < 4.78 is 2.08. The van der Waals surface area contributed by atoms with Crippen molar-refractivity contribution in [1.29, 1.82) is 0 Å². The molecular formula is C19H18N4. The number of benzene rings is 2. The predicted molar refractivity (Wildman–Crippen MR) is 93.9 cm³/mol. The molecule has 0 amide bonds. The first-order valence-corrected chi connectivity index (χ1v) is 7.81. The lowest BCUT2D eigenvalue weighted by Gasteiger charge is -2.10. The number of hydrogen-bond donors (Lipinski definition) is 1. The van der Waals surface area contributed by atoms with Gasteiger partial charge in [0.1, 0.15) is 5.52 Å². The molecule has 0 aliphatic carbocycles. The summed E-state index contributed by atoms with van der Waals surface area (Å²) in [6.07, 6.45) is 4.66. The first-order valence-electron chi connectivity index (χ1n) is 7.81. The monoisotopic (exact) mass is 302 g/mol. The zero-order chi connectivity index (χ0) is 15.6. The van der Waals surface area contributed by atoms with Crippen LogP contribution in [0.3, 0.4) is 0 Å². The molecule has 0 radical (unpaired) electrons. The average molecular weight is 302 g/mol. The number of nitrogens with zero attached hydrogens (tertiary/aromatic N) is 3. The summed E-state index contributed by atoms with van der Waals surface area (Å²) in [5, 5.41) is 3.46. The molecular weight excluding hydrogens is 284 g/mol. The Morgan fingerprint density at radius 3 is 2.70 bits per heavy atom. The van der Waals surface area contributed by atoms with Crippen molar-refractivity contribution >= 4 is 22.4 Å². The minimum atomic E-state index is 0.843. The highest BCUT2D eigenvalue weighted by molar-refractivity contribution is 5.83. The van der Waals surface area contributed by atoms with E-state index >= 15 is 0 Å². The Kier molecular flexibility index (Phi) is 3.42. The zero-order valence-corrected chi connectivity index (χ0v) is 13.0. The van der Waals surface area contributed by atoms with Crippen LogP contribution >= 0.6 is 0 Å². The zero-order valence-electron chi connectivity index (χ0n) is 13.0. The lowest BCUT2D eigenvalue weighted by atomic mass is 10.1. The van der Waals surface area contributed by atoms with E-state index in [2.05, 4.69) is 52.0 Å². The first kappa shape index (κ1) is 13.8. The van der Waals surface area contributed by atoms with Gasteiger partial charge < -0.3 is 5.32 Å². The second kappa shape index (κ2) is 5.72. The van der Waals surface area contributed by atoms with E-state index in [0.29, 0.717) is 0 Å². The molecule has 23 heavy (non-hydrogen) atoms. The summed E-state index contributed by atoms with van der Waals surface area (Å²) in [6.45, 7) is 2.95. The number of anilines is 1. The summed E-state index contributed by atoms with van der Waals surface area (Å²) in [7, 11) is 0. The number of rotatable bonds is 4. The Labute approximate surface area is 134 Å². The minimum Gasteiger partial charge on any atom is -0.368 e. The van der Waals surface area contributed by atoms with E-state index in [1.807, 2.05) is 30.7 Å². The molecule has 4 nitrogen and oxygen atoms in total. The van der Waals surface area contributed by atoms with E-state index in [9.17, 15) is 0 Å². The third-order valence-electron chi connectivity index (χ3n) is 4.08. The molecule has 1 N–H and O–H groups in total. The molecule has 4 rings (SSSR count). The number of aryl methyl sites for hydroxylation is 1. The quantitative estimate of drug-likeness (QED) is 0.622. The van der Waals surface area contributed by atoms with Gasteiger partial charge in [-0.3, -0.25) is 4.40 Å². The summed E-state index contributed by atoms with van der Waals surface area (Å²) in [5.74, 6) is 0.883. The Bertz CT molecular complexity index is 954. The second-order valence-electron chi connectivity index (χ2n) is 5.76. The highest BCUT2D eigenvalue weighted by atomic mass is 15.1. The summed E-state index contributed by atoms with van der Waals surface area (Å²) in [4.78, 5) is 9.02. The molecule has 2 aromatic heterocycles. The Hall–Kier alpha value is -2.88. The van der Waals surface area contributed by atoms with E-state index < -0.39 is 0 Å². The number of para-hydroxylation sites is 2. The van der Waals surface area contributed by atoms with Gasteiger partial charge >= 0.3 is 0 Å². The summed E-state index contributed by atoms with van der Waals surface area (Å²) in [6, 6.07) is 16.8. The maximum atomic E-state index is 4.75. The first-order chi connectivity index (χ1) is 11.3. The van der Waals surface area contributed by atoms with Crippen LogP contribution in [0.25, 0.3) is 16.6 Å². The van der Waals surface area contributed by atoms with Crippen LogP contribution in [0.2, 0.25) is 0 Å². The fourth-order valence-electron chi connectivity index (χ4n) is 2.81. The number of hydrogen-bond acceptors (Lipinski definition) is 3. The van der Waals surface area contributed by atoms with E-state index in [0.717, 1.165) is 35.3 Å². The van der Waals surface area contributed by atoms with Gasteiger partial charge in [-0.15, -0.1) is 0 Å². The van der Waals surface area contributed by atoms with Crippen LogP contribution in [-0.4, -0.2) is 20.9 Å². The fraction of sp³-hybridized carbons (Fsp3) is 0.158. The second-order valence-corrected chi connectivity index (χ2v) is 5.76. The van der Waals surface area contributed by atoms with Crippen LogP contribution in [0.15, 0.2) is 61.1 Å². The Morgan fingerprint density at radius 1 is 1.00 bits per heavy atom. The van der Waals surface area contributed by atoms with Crippen molar-refractivity contribution < 1.29 is 0 Å². The predicted octanol–water partition coefficient (Wildman–Crippen LogP) is 3.85. The average Bonchev–Trinajstić information content (AvgIpc) is 3.07. The lowest BCUT2D eigenvalue weighted by molar-refractivity contribution is 1.01. The van der Waals surface area contributed by atoms with Crippen molar-refractivity contribution in [2.45, 2.75) is 13.3 Å². The van der Waals surface area contributed by atoms with Crippen molar-refractivity contribution in [3.63, 3.8) is 0 Å². The van der Waals surface area contributed by atoms with Crippen LogP contribution < -0.4 is 5.32 Å². The van der Waals surface area contributed by atoms with Crippen molar-refractivity contribution in [3.8, 4) is 0 Å². The van der Waals surface area contributed by atoms with E-state index in [4.69, 9.17) is 4.98 Å². The third-order valence-corrected chi connectivity index (χ3v) is 4.08. The molecule has 0 saturated heterocycles. The Balaban J connectivity index is 1.60. The van der Waals surface area contributed by atoms with Gasteiger partial charge in [-0.2, -0.15) is 0 Å². The third kappa shape index (κ3) is 2.63. The van der Waals surface area contributed by atoms with E-state index in [-0.39, 0.29) is 0 Å². The van der Waals surface area contributed by atoms with Crippen LogP contribution in [0.4, 0.5) is 5.82 Å². The molecule has 0 unspecified atom stereocenters. The molecule has 0 aliphatic heterocycles. The van der Waals surface area contributed by atoms with E-state index in [1.54, 1.807) is 0 Å². The molecule has 0 aliphatic rings. The van der Waals surface area contributed by atoms with Gasteiger partial charge in [-0.1, -0.05) is 42.0 Å². The van der Waals surface area contributed by atoms with Crippen molar-refractivity contribution in [1.82, 2.24) is 14.4 Å². The van der Waals surface area contributed by atoms with Gasteiger partial charge in [0.05, 0.1) is 23.6 Å². The molecule has 0 saturated carbocycles. The van der Waals surface area contributed by atoms with Crippen LogP contribution in [0.1, 0.15) is 11.1 Å². The van der Waals surface area contributed by atoms with Crippen LogP contribution in [0.5, 0.6) is 0 Å². The van der Waals surface area contributed by atoms with Gasteiger partial charge in [0.2, 0.25) is 0 Å². The molecule has 0 bridgehead atoms. The van der Waals surface area contributed by atoms with Crippen LogP contribution in [0, 0.1) is 6.92 Å². The van der Waals surface area contributed by atoms with Gasteiger partial charge in [0.25, 0.3) is 0 Å². The number of imidazole rings is 1. The summed E-state index contributed by atoms with van der Waals surface area (Å²) in [5.41, 5.74) is 5.67. The smallest absolute Gasteiger partial charge is 0.152 e. The normalized spacial score (nSPS) is 11.2. The highest BCUT2D eigenvalue weighted by Gasteiger charge is 2.07. The SMILES string of the molecule is Cc1ccc(CCNc2nc3ccccc3n3cncc23)cc1. The van der Waals surface area contributed by atoms with Crippen molar-refractivity contribution in [2.24, 2.45) is 0 Å². The molecule has 0 fully saturated rings. The maximum absolute atomic E-state index is 4.75. The molecule has 4 aromatic rings. The Morgan fingerprint density at radius 2 is 1.83 bits per heavy atom. The van der Waals surface area contributed by atoms with E-state index in [1.165, 1.54) is 11.1 Å². The molecule has 2 aromatic carbocycles. The molecule has 114 valence electrons. The van der Waals surface area contributed by atoms with Gasteiger partial charge in [0, 0.05) is 6.54 Å². The van der Waals surface area contributed by atoms with Gasteiger partial charge in [0.15, 0.2) is 5.82 Å². The number of aromatic nitrogens is 3. The standard InChI is InChI=1S/C19H18N4/c1-14-6-8-15(9-7-14)10-11-21-19-18-12-20-13-23(18)17-5-3-2-4-16(17)22-19/h2-9,12-13H,10-11H2,1H3,(H,21,22). The molecule has 0 spiro atoms. The lowest BCUT2D eigenvalue weighted by Crippen LogP contribution is -2.08. The fourth-order valence-corrected chi connectivity index (χ4v) is 2.81. The molecule has 2 heterocycles. The van der Waals surface area contributed by atoms with Gasteiger partial charge in [-0.25, -0.2) is 9.97 Å². The maximum Gasteiger partial charge on any atom is 0.152 e. The van der Waals surface area contributed by atoms with Crippen LogP contribution in [-0.2, 0) is 6.42 Å². The molecule has 0 atom stereocenters. The number of nitrogens with one attached hydrogen (secondary N) is 1.